The third-order valence-electron chi connectivity index (χ3n) is 6.00. The van der Waals surface area contributed by atoms with Gasteiger partial charge in [-0.3, -0.25) is 9.78 Å². The van der Waals surface area contributed by atoms with Gasteiger partial charge in [0.05, 0.1) is 32.1 Å². The smallest absolute Gasteiger partial charge is 0.335 e. The summed E-state index contributed by atoms with van der Waals surface area (Å²) in [5.74, 6) is 0.882. The van der Waals surface area contributed by atoms with Gasteiger partial charge in [0.25, 0.3) is 5.56 Å². The van der Waals surface area contributed by atoms with E-state index in [4.69, 9.17) is 9.47 Å². The number of H-pyrrole nitrogens is 2. The molecular formula is C23H23N4O5+. The van der Waals surface area contributed by atoms with Crippen LogP contribution < -0.4 is 26.0 Å². The summed E-state index contributed by atoms with van der Waals surface area (Å²) in [4.78, 5) is 31.3. The highest BCUT2D eigenvalue weighted by atomic mass is 16.5. The van der Waals surface area contributed by atoms with Crippen molar-refractivity contribution in [3.8, 4) is 23.1 Å². The average molecular weight is 435 g/mol. The Morgan fingerprint density at radius 2 is 1.84 bits per heavy atom. The summed E-state index contributed by atoms with van der Waals surface area (Å²) >= 11 is 0. The number of rotatable bonds is 4. The number of aromatic hydroxyl groups is 1. The van der Waals surface area contributed by atoms with Crippen molar-refractivity contribution in [2.24, 2.45) is 0 Å². The third-order valence-corrected chi connectivity index (χ3v) is 6.00. The van der Waals surface area contributed by atoms with E-state index >= 15 is 0 Å². The summed E-state index contributed by atoms with van der Waals surface area (Å²) in [7, 11) is 3.14. The topological polar surface area (TPSA) is 126 Å². The zero-order chi connectivity index (χ0) is 22.4. The zero-order valence-corrected chi connectivity index (χ0v) is 17.6. The van der Waals surface area contributed by atoms with Gasteiger partial charge in [-0.1, -0.05) is 6.07 Å². The largest absolute Gasteiger partial charge is 0.497 e. The maximum absolute atomic E-state index is 12.9. The third kappa shape index (κ3) is 3.05. The van der Waals surface area contributed by atoms with Crippen LogP contribution in [0.15, 0.2) is 52.1 Å². The highest BCUT2D eigenvalue weighted by Gasteiger charge is 2.34. The van der Waals surface area contributed by atoms with Crippen LogP contribution in [0.5, 0.6) is 17.4 Å². The standard InChI is InChI=1S/C23H22N4O5/c1-31-13-5-3-4-12(10-13)27-22(29)18(21(28)26-23(27)30)20-19-15(8-9-24-20)16-11-14(32-2)6-7-17(16)25-19/h3-7,10-11,20,24-25,29H,8-9H2,1-2H3,(H,26,28,30)/p+1/t20-/m0/s1. The molecule has 0 unspecified atom stereocenters. The number of fused-ring (bicyclic) bond motifs is 3. The molecule has 4 aromatic rings. The van der Waals surface area contributed by atoms with Gasteiger partial charge in [-0.25, -0.2) is 9.36 Å². The second-order valence-electron chi connectivity index (χ2n) is 7.71. The van der Waals surface area contributed by atoms with Gasteiger partial charge in [-0.05, 0) is 35.9 Å². The van der Waals surface area contributed by atoms with Crippen LogP contribution >= 0.6 is 0 Å². The van der Waals surface area contributed by atoms with Gasteiger partial charge in [-0.2, -0.15) is 0 Å². The fourth-order valence-electron chi connectivity index (χ4n) is 4.49. The Morgan fingerprint density at radius 1 is 1.06 bits per heavy atom. The minimum atomic E-state index is -0.720. The number of quaternary nitrogens is 1. The first-order valence-corrected chi connectivity index (χ1v) is 10.3. The summed E-state index contributed by atoms with van der Waals surface area (Å²) < 4.78 is 11.7. The molecule has 0 saturated carbocycles. The molecule has 0 radical (unpaired) electrons. The van der Waals surface area contributed by atoms with Gasteiger partial charge in [0, 0.05) is 23.4 Å². The second-order valence-corrected chi connectivity index (χ2v) is 7.71. The van der Waals surface area contributed by atoms with Crippen LogP contribution in [-0.2, 0) is 6.42 Å². The fraction of sp³-hybridized carbons (Fsp3) is 0.217. The summed E-state index contributed by atoms with van der Waals surface area (Å²) in [6, 6.07) is 12.0. The molecule has 9 nitrogen and oxygen atoms in total. The summed E-state index contributed by atoms with van der Waals surface area (Å²) in [5.41, 5.74) is 2.00. The molecule has 1 aliphatic heterocycles. The van der Waals surface area contributed by atoms with Crippen LogP contribution in [0, 0.1) is 0 Å². The van der Waals surface area contributed by atoms with E-state index in [1.165, 1.54) is 7.11 Å². The van der Waals surface area contributed by atoms with Crippen LogP contribution in [-0.4, -0.2) is 40.4 Å². The average Bonchev–Trinajstić information content (AvgIpc) is 3.17. The molecule has 5 N–H and O–H groups in total. The van der Waals surface area contributed by atoms with E-state index < -0.39 is 23.2 Å². The molecule has 5 rings (SSSR count). The molecule has 1 aliphatic rings. The van der Waals surface area contributed by atoms with Crippen LogP contribution in [0.4, 0.5) is 0 Å². The Bertz CT molecular complexity index is 1450. The number of ether oxygens (including phenoxy) is 2. The van der Waals surface area contributed by atoms with E-state index in [1.54, 1.807) is 31.4 Å². The number of nitrogens with two attached hydrogens (primary N) is 1. The molecule has 1 atom stereocenters. The summed E-state index contributed by atoms with van der Waals surface area (Å²) in [6.45, 7) is 0.721. The van der Waals surface area contributed by atoms with Gasteiger partial charge >= 0.3 is 5.69 Å². The molecule has 2 aromatic carbocycles. The van der Waals surface area contributed by atoms with E-state index in [9.17, 15) is 14.7 Å². The zero-order valence-electron chi connectivity index (χ0n) is 17.6. The van der Waals surface area contributed by atoms with Crippen molar-refractivity contribution in [3.63, 3.8) is 0 Å². The van der Waals surface area contributed by atoms with Crippen molar-refractivity contribution >= 4 is 10.9 Å². The van der Waals surface area contributed by atoms with Gasteiger partial charge in [0.15, 0.2) is 6.04 Å². The van der Waals surface area contributed by atoms with E-state index in [0.717, 1.165) is 45.4 Å². The Kier molecular flexibility index (Phi) is 4.75. The Morgan fingerprint density at radius 3 is 2.62 bits per heavy atom. The number of benzene rings is 2. The number of aromatic nitrogens is 3. The van der Waals surface area contributed by atoms with Gasteiger partial charge in [0.1, 0.15) is 17.1 Å². The van der Waals surface area contributed by atoms with Gasteiger partial charge in [0.2, 0.25) is 5.88 Å². The van der Waals surface area contributed by atoms with Gasteiger partial charge < -0.3 is 24.9 Å². The Hall–Kier alpha value is -3.98. The first-order valence-electron chi connectivity index (χ1n) is 10.3. The van der Waals surface area contributed by atoms with Gasteiger partial charge in [-0.15, -0.1) is 0 Å². The van der Waals surface area contributed by atoms with Crippen LogP contribution in [0.25, 0.3) is 16.6 Å². The number of nitrogens with zero attached hydrogens (tertiary/aromatic N) is 1. The lowest BCUT2D eigenvalue weighted by Gasteiger charge is -2.22. The summed E-state index contributed by atoms with van der Waals surface area (Å²) in [6.07, 6.45) is 0.799. The van der Waals surface area contributed by atoms with E-state index in [-0.39, 0.29) is 5.56 Å². The number of hydrogen-bond donors (Lipinski definition) is 4. The molecule has 0 bridgehead atoms. The minimum absolute atomic E-state index is 0.117. The number of nitrogens with one attached hydrogen (secondary N) is 2. The van der Waals surface area contributed by atoms with Crippen molar-refractivity contribution in [3.05, 3.63) is 80.1 Å². The van der Waals surface area contributed by atoms with Crippen LogP contribution in [0.1, 0.15) is 22.9 Å². The number of methoxy groups -OCH3 is 2. The lowest BCUT2D eigenvalue weighted by Crippen LogP contribution is -2.87. The molecule has 32 heavy (non-hydrogen) atoms. The first kappa shape index (κ1) is 20.0. The Labute approximate surface area is 182 Å². The maximum Gasteiger partial charge on any atom is 0.335 e. The predicted octanol–water partition coefficient (Wildman–Crippen LogP) is 0.939. The quantitative estimate of drug-likeness (QED) is 0.380. The molecule has 0 amide bonds. The molecule has 164 valence electrons. The lowest BCUT2D eigenvalue weighted by atomic mass is 9.95. The first-order chi connectivity index (χ1) is 15.5. The maximum atomic E-state index is 12.9. The lowest BCUT2D eigenvalue weighted by molar-refractivity contribution is -0.690. The SMILES string of the molecule is COc1cccc(-n2c(O)c([C@@H]3[NH2+]CCc4c3[nH]c3ccc(OC)cc43)c(=O)[nH]c2=O)c1. The molecule has 9 heteroatoms. The normalized spacial score (nSPS) is 15.5. The minimum Gasteiger partial charge on any atom is -0.497 e. The molecule has 0 aliphatic carbocycles. The van der Waals surface area contributed by atoms with Crippen molar-refractivity contribution in [2.45, 2.75) is 12.5 Å². The summed E-state index contributed by atoms with van der Waals surface area (Å²) in [5, 5.41) is 14.2. The van der Waals surface area contributed by atoms with E-state index in [1.807, 2.05) is 23.5 Å². The van der Waals surface area contributed by atoms with E-state index in [2.05, 4.69) is 9.97 Å². The number of hydrogen-bond acceptors (Lipinski definition) is 5. The van der Waals surface area contributed by atoms with Crippen molar-refractivity contribution in [1.82, 2.24) is 14.5 Å². The molecule has 0 saturated heterocycles. The van der Waals surface area contributed by atoms with Crippen molar-refractivity contribution < 1.29 is 19.9 Å². The molecule has 2 aromatic heterocycles. The molecular weight excluding hydrogens is 412 g/mol. The molecule has 0 fully saturated rings. The van der Waals surface area contributed by atoms with Crippen molar-refractivity contribution in [1.29, 1.82) is 0 Å². The monoisotopic (exact) mass is 435 g/mol. The molecule has 0 spiro atoms. The van der Waals surface area contributed by atoms with Crippen LogP contribution in [0.2, 0.25) is 0 Å². The second kappa shape index (κ2) is 7.61. The highest BCUT2D eigenvalue weighted by molar-refractivity contribution is 5.86. The van der Waals surface area contributed by atoms with Crippen LogP contribution in [0.3, 0.4) is 0 Å². The fourth-order valence-corrected chi connectivity index (χ4v) is 4.49. The Balaban J connectivity index is 1.71. The molecule has 3 heterocycles. The predicted molar refractivity (Wildman–Crippen MR) is 118 cm³/mol. The van der Waals surface area contributed by atoms with E-state index in [0.29, 0.717) is 11.4 Å². The van der Waals surface area contributed by atoms with Crippen molar-refractivity contribution in [2.75, 3.05) is 20.8 Å². The highest BCUT2D eigenvalue weighted by Crippen LogP contribution is 2.34. The number of aromatic amines is 2.